The zero-order valence-electron chi connectivity index (χ0n) is 15.3. The highest BCUT2D eigenvalue weighted by molar-refractivity contribution is 5.79. The standard InChI is InChI=1S/C22H32O2/c1-21-13-4-3-5-15(21)6-9-17-18-10-7-16(8-11-20(23)24)22(18,2)14-12-19(17)21/h5,8,11,16-19H,3-4,6-7,9-10,12-14H2,1-2H3,(H,23,24)/t16-,17+,18+,19+,21+,22-/m1/s1. The molecule has 0 aromatic rings. The van der Waals surface area contributed by atoms with Crippen molar-refractivity contribution in [1.82, 2.24) is 0 Å². The Morgan fingerprint density at radius 2 is 2.00 bits per heavy atom. The Labute approximate surface area is 146 Å². The Kier molecular flexibility index (Phi) is 3.93. The molecule has 0 spiro atoms. The van der Waals surface area contributed by atoms with Gasteiger partial charge in [0.25, 0.3) is 0 Å². The van der Waals surface area contributed by atoms with E-state index in [4.69, 9.17) is 5.11 Å². The molecular formula is C22H32O2. The molecule has 24 heavy (non-hydrogen) atoms. The molecule has 0 saturated heterocycles. The van der Waals surface area contributed by atoms with Gasteiger partial charge in [-0.25, -0.2) is 4.79 Å². The second-order valence-corrected chi connectivity index (χ2v) is 9.38. The van der Waals surface area contributed by atoms with Crippen LogP contribution in [0.3, 0.4) is 0 Å². The Morgan fingerprint density at radius 1 is 1.17 bits per heavy atom. The highest BCUT2D eigenvalue weighted by atomic mass is 16.4. The molecule has 0 aliphatic heterocycles. The summed E-state index contributed by atoms with van der Waals surface area (Å²) in [4.78, 5) is 11.0. The summed E-state index contributed by atoms with van der Waals surface area (Å²) in [6.45, 7) is 5.03. The van der Waals surface area contributed by atoms with Crippen LogP contribution in [0.15, 0.2) is 23.8 Å². The van der Waals surface area contributed by atoms with E-state index in [9.17, 15) is 4.79 Å². The third kappa shape index (κ3) is 2.32. The monoisotopic (exact) mass is 328 g/mol. The van der Waals surface area contributed by atoms with Gasteiger partial charge in [-0.05, 0) is 92.3 Å². The van der Waals surface area contributed by atoms with Crippen LogP contribution in [0.2, 0.25) is 0 Å². The van der Waals surface area contributed by atoms with Crippen LogP contribution in [0.4, 0.5) is 0 Å². The number of hydrogen-bond acceptors (Lipinski definition) is 1. The number of hydrogen-bond donors (Lipinski definition) is 1. The van der Waals surface area contributed by atoms with Crippen molar-refractivity contribution in [3.63, 3.8) is 0 Å². The average molecular weight is 328 g/mol. The van der Waals surface area contributed by atoms with Crippen molar-refractivity contribution in [1.29, 1.82) is 0 Å². The van der Waals surface area contributed by atoms with Crippen molar-refractivity contribution in [2.45, 2.75) is 71.6 Å². The van der Waals surface area contributed by atoms with Crippen LogP contribution in [0, 0.1) is 34.5 Å². The summed E-state index contributed by atoms with van der Waals surface area (Å²) in [7, 11) is 0. The van der Waals surface area contributed by atoms with E-state index >= 15 is 0 Å². The molecule has 2 nitrogen and oxygen atoms in total. The first-order valence-electron chi connectivity index (χ1n) is 10.1. The van der Waals surface area contributed by atoms with Gasteiger partial charge in [0.1, 0.15) is 0 Å². The molecule has 6 atom stereocenters. The summed E-state index contributed by atoms with van der Waals surface area (Å²) >= 11 is 0. The van der Waals surface area contributed by atoms with E-state index < -0.39 is 5.97 Å². The molecule has 0 radical (unpaired) electrons. The summed E-state index contributed by atoms with van der Waals surface area (Å²) in [6.07, 6.45) is 17.9. The molecule has 0 amide bonds. The molecule has 4 aliphatic rings. The van der Waals surface area contributed by atoms with Crippen molar-refractivity contribution in [2.75, 3.05) is 0 Å². The van der Waals surface area contributed by atoms with E-state index in [-0.39, 0.29) is 0 Å². The van der Waals surface area contributed by atoms with Gasteiger partial charge in [-0.15, -0.1) is 0 Å². The fraction of sp³-hybridized carbons (Fsp3) is 0.773. The molecule has 0 bridgehead atoms. The van der Waals surface area contributed by atoms with Crippen molar-refractivity contribution in [3.8, 4) is 0 Å². The lowest BCUT2D eigenvalue weighted by Gasteiger charge is -2.58. The highest BCUT2D eigenvalue weighted by Crippen LogP contribution is 2.66. The van der Waals surface area contributed by atoms with Gasteiger partial charge < -0.3 is 5.11 Å². The van der Waals surface area contributed by atoms with E-state index in [1.807, 2.05) is 6.08 Å². The first-order valence-corrected chi connectivity index (χ1v) is 10.1. The summed E-state index contributed by atoms with van der Waals surface area (Å²) in [5.41, 5.74) is 2.58. The third-order valence-corrected chi connectivity index (χ3v) is 8.57. The van der Waals surface area contributed by atoms with Gasteiger partial charge in [0, 0.05) is 6.08 Å². The molecule has 4 rings (SSSR count). The predicted octanol–water partition coefficient (Wildman–Crippen LogP) is 5.60. The molecule has 0 unspecified atom stereocenters. The number of carboxylic acid groups (broad SMARTS) is 1. The third-order valence-electron chi connectivity index (χ3n) is 8.57. The molecule has 2 heteroatoms. The van der Waals surface area contributed by atoms with Crippen LogP contribution in [0.1, 0.15) is 71.6 Å². The molecule has 132 valence electrons. The van der Waals surface area contributed by atoms with Crippen LogP contribution in [0.5, 0.6) is 0 Å². The van der Waals surface area contributed by atoms with Crippen LogP contribution in [-0.4, -0.2) is 11.1 Å². The van der Waals surface area contributed by atoms with Gasteiger partial charge in [0.2, 0.25) is 0 Å². The Hall–Kier alpha value is -1.05. The van der Waals surface area contributed by atoms with Crippen LogP contribution >= 0.6 is 0 Å². The zero-order chi connectivity index (χ0) is 16.9. The second-order valence-electron chi connectivity index (χ2n) is 9.38. The van der Waals surface area contributed by atoms with E-state index in [0.717, 1.165) is 17.8 Å². The van der Waals surface area contributed by atoms with Gasteiger partial charge in [-0.3, -0.25) is 0 Å². The van der Waals surface area contributed by atoms with E-state index in [1.165, 1.54) is 63.9 Å². The lowest BCUT2D eigenvalue weighted by molar-refractivity contribution is -0.131. The number of allylic oxidation sites excluding steroid dienone is 3. The van der Waals surface area contributed by atoms with Crippen molar-refractivity contribution in [2.24, 2.45) is 34.5 Å². The quantitative estimate of drug-likeness (QED) is 0.529. The number of carboxylic acids is 1. The fourth-order valence-electron chi connectivity index (χ4n) is 7.31. The molecular weight excluding hydrogens is 296 g/mol. The summed E-state index contributed by atoms with van der Waals surface area (Å²) in [5.74, 6) is 2.22. The van der Waals surface area contributed by atoms with E-state index in [2.05, 4.69) is 19.9 Å². The van der Waals surface area contributed by atoms with E-state index in [1.54, 1.807) is 5.57 Å². The smallest absolute Gasteiger partial charge is 0.327 e. The summed E-state index contributed by atoms with van der Waals surface area (Å²) in [5, 5.41) is 9.01. The minimum Gasteiger partial charge on any atom is -0.478 e. The number of aliphatic carboxylic acids is 1. The maximum absolute atomic E-state index is 11.0. The average Bonchev–Trinajstić information content (AvgIpc) is 2.89. The lowest BCUT2D eigenvalue weighted by atomic mass is 9.47. The maximum Gasteiger partial charge on any atom is 0.327 e. The predicted molar refractivity (Wildman–Crippen MR) is 96.6 cm³/mol. The minimum atomic E-state index is -0.794. The van der Waals surface area contributed by atoms with Gasteiger partial charge >= 0.3 is 5.97 Å². The van der Waals surface area contributed by atoms with Crippen molar-refractivity contribution < 1.29 is 9.90 Å². The Balaban J connectivity index is 1.61. The molecule has 0 aromatic heterocycles. The first-order chi connectivity index (χ1) is 11.4. The molecule has 0 heterocycles. The van der Waals surface area contributed by atoms with Gasteiger partial charge in [-0.1, -0.05) is 31.6 Å². The Bertz CT molecular complexity index is 589. The molecule has 0 aromatic carbocycles. The number of rotatable bonds is 2. The van der Waals surface area contributed by atoms with Crippen LogP contribution < -0.4 is 0 Å². The normalized spacial score (nSPS) is 47.7. The van der Waals surface area contributed by atoms with Crippen molar-refractivity contribution in [3.05, 3.63) is 23.8 Å². The van der Waals surface area contributed by atoms with Crippen LogP contribution in [0.25, 0.3) is 0 Å². The van der Waals surface area contributed by atoms with Crippen molar-refractivity contribution >= 4 is 5.97 Å². The van der Waals surface area contributed by atoms with E-state index in [0.29, 0.717) is 16.7 Å². The Morgan fingerprint density at radius 3 is 2.79 bits per heavy atom. The van der Waals surface area contributed by atoms with Crippen LogP contribution in [-0.2, 0) is 4.79 Å². The molecule has 3 saturated carbocycles. The van der Waals surface area contributed by atoms with Gasteiger partial charge in [0.05, 0.1) is 0 Å². The molecule has 4 aliphatic carbocycles. The SMILES string of the molecule is C[C@]12CC[C@H]3[C@@H](CCC4=CCCC[C@@]43C)[C@@H]1CC[C@@H]2C=CC(=O)O. The zero-order valence-corrected chi connectivity index (χ0v) is 15.3. The summed E-state index contributed by atoms with van der Waals surface area (Å²) < 4.78 is 0. The highest BCUT2D eigenvalue weighted by Gasteiger charge is 2.58. The number of carbonyl (C=O) groups is 1. The maximum atomic E-state index is 11.0. The largest absolute Gasteiger partial charge is 0.478 e. The topological polar surface area (TPSA) is 37.3 Å². The minimum absolute atomic E-state index is 0.333. The fourth-order valence-corrected chi connectivity index (χ4v) is 7.31. The molecule has 1 N–H and O–H groups in total. The van der Waals surface area contributed by atoms with Gasteiger partial charge in [0.15, 0.2) is 0 Å². The second kappa shape index (κ2) is 5.75. The molecule has 3 fully saturated rings. The number of fused-ring (bicyclic) bond motifs is 5. The van der Waals surface area contributed by atoms with Gasteiger partial charge in [-0.2, -0.15) is 0 Å². The summed E-state index contributed by atoms with van der Waals surface area (Å²) in [6, 6.07) is 0. The first kappa shape index (κ1) is 16.4. The lowest BCUT2D eigenvalue weighted by Crippen LogP contribution is -2.49.